The zero-order valence-corrected chi connectivity index (χ0v) is 17.2. The van der Waals surface area contributed by atoms with Crippen molar-refractivity contribution in [2.24, 2.45) is 0 Å². The Morgan fingerprint density at radius 3 is 2.66 bits per heavy atom. The van der Waals surface area contributed by atoms with Crippen molar-refractivity contribution in [2.45, 2.75) is 40.4 Å². The third kappa shape index (κ3) is 4.56. The van der Waals surface area contributed by atoms with Crippen molar-refractivity contribution in [2.75, 3.05) is 7.11 Å². The summed E-state index contributed by atoms with van der Waals surface area (Å²) in [5.74, 6) is -1.30. The van der Waals surface area contributed by atoms with Gasteiger partial charge in [-0.25, -0.2) is 4.39 Å². The van der Waals surface area contributed by atoms with Crippen LogP contribution in [-0.2, 0) is 5.75 Å². The number of aromatic nitrogens is 3. The van der Waals surface area contributed by atoms with Gasteiger partial charge in [0.2, 0.25) is 0 Å². The van der Waals surface area contributed by atoms with Gasteiger partial charge in [-0.05, 0) is 42.7 Å². The second-order valence-corrected chi connectivity index (χ2v) is 8.51. The zero-order chi connectivity index (χ0) is 20.4. The molecule has 0 spiro atoms. The lowest BCUT2D eigenvalue weighted by Gasteiger charge is -2.11. The van der Waals surface area contributed by atoms with E-state index in [1.807, 2.05) is 4.57 Å². The first-order valence-electron chi connectivity index (χ1n) is 9.01. The number of ether oxygens (including phenoxy) is 1. The summed E-state index contributed by atoms with van der Waals surface area (Å²) in [4.78, 5) is 0.402. The van der Waals surface area contributed by atoms with Gasteiger partial charge < -0.3 is 4.74 Å². The number of hydrogen-bond donors (Lipinski definition) is 0. The van der Waals surface area contributed by atoms with Gasteiger partial charge in [0.05, 0.1) is 17.6 Å². The Balaban J connectivity index is 1.56. The number of thioether (sulfide) groups is 2. The molecule has 0 N–H and O–H groups in total. The van der Waals surface area contributed by atoms with Gasteiger partial charge in [-0.15, -0.1) is 10.2 Å². The van der Waals surface area contributed by atoms with Crippen LogP contribution in [0.1, 0.15) is 24.4 Å². The number of methoxy groups -OCH3 is 1. The summed E-state index contributed by atoms with van der Waals surface area (Å²) in [5.41, 5.74) is 1.36. The van der Waals surface area contributed by atoms with E-state index in [1.165, 1.54) is 24.9 Å². The highest BCUT2D eigenvalue weighted by atomic mass is 32.2. The van der Waals surface area contributed by atoms with Crippen LogP contribution in [0, 0.1) is 5.82 Å². The van der Waals surface area contributed by atoms with Crippen LogP contribution in [0.5, 0.6) is 5.75 Å². The maximum absolute atomic E-state index is 14.3. The summed E-state index contributed by atoms with van der Waals surface area (Å²) >= 11 is 1.95. The van der Waals surface area contributed by atoms with Crippen LogP contribution in [0.2, 0.25) is 0 Å². The molecule has 0 bridgehead atoms. The quantitative estimate of drug-likeness (QED) is 0.402. The molecule has 1 aromatic heterocycles. The average molecular weight is 438 g/mol. The average Bonchev–Trinajstić information content (AvgIpc) is 3.46. The molecule has 0 aliphatic heterocycles. The molecule has 29 heavy (non-hydrogen) atoms. The third-order valence-corrected chi connectivity index (χ3v) is 6.29. The standard InChI is InChI=1S/C20H18F3N3OS2/c1-27-16-10-12(6-9-17(16)29-19(22)23)11-28-20-25-24-18(26(20)13-7-8-13)14-4-2-3-5-15(14)21/h2-6,9-10,13,19H,7-8,11H2,1H3. The van der Waals surface area contributed by atoms with E-state index < -0.39 is 5.76 Å². The van der Waals surface area contributed by atoms with Crippen molar-refractivity contribution < 1.29 is 17.9 Å². The molecule has 1 saturated carbocycles. The van der Waals surface area contributed by atoms with Crippen molar-refractivity contribution >= 4 is 23.5 Å². The van der Waals surface area contributed by atoms with Crippen LogP contribution in [0.3, 0.4) is 0 Å². The summed E-state index contributed by atoms with van der Waals surface area (Å²) in [6.07, 6.45) is 2.03. The van der Waals surface area contributed by atoms with Crippen molar-refractivity contribution in [3.05, 3.63) is 53.8 Å². The van der Waals surface area contributed by atoms with E-state index in [1.54, 1.807) is 36.4 Å². The maximum Gasteiger partial charge on any atom is 0.289 e. The number of hydrogen-bond acceptors (Lipinski definition) is 5. The van der Waals surface area contributed by atoms with E-state index in [4.69, 9.17) is 4.74 Å². The normalized spacial score (nSPS) is 13.8. The lowest BCUT2D eigenvalue weighted by molar-refractivity contribution is 0.251. The van der Waals surface area contributed by atoms with Gasteiger partial charge in [0.15, 0.2) is 11.0 Å². The van der Waals surface area contributed by atoms with Crippen LogP contribution < -0.4 is 4.74 Å². The summed E-state index contributed by atoms with van der Waals surface area (Å²) in [6.45, 7) is 0. The van der Waals surface area contributed by atoms with Crippen molar-refractivity contribution in [3.63, 3.8) is 0 Å². The molecule has 1 aliphatic carbocycles. The van der Waals surface area contributed by atoms with E-state index in [9.17, 15) is 13.2 Å². The summed E-state index contributed by atoms with van der Waals surface area (Å²) in [5, 5.41) is 9.24. The Morgan fingerprint density at radius 1 is 1.17 bits per heavy atom. The molecule has 0 amide bonds. The Kier molecular flexibility index (Phi) is 6.05. The largest absolute Gasteiger partial charge is 0.496 e. The van der Waals surface area contributed by atoms with Gasteiger partial charge in [0.1, 0.15) is 11.6 Å². The number of nitrogens with zero attached hydrogens (tertiary/aromatic N) is 3. The second-order valence-electron chi connectivity index (χ2n) is 6.54. The topological polar surface area (TPSA) is 39.9 Å². The van der Waals surface area contributed by atoms with E-state index >= 15 is 0 Å². The lowest BCUT2D eigenvalue weighted by Crippen LogP contribution is -2.01. The van der Waals surface area contributed by atoms with Gasteiger partial charge in [0.25, 0.3) is 5.76 Å². The highest BCUT2D eigenvalue weighted by Gasteiger charge is 2.30. The molecule has 4 rings (SSSR count). The minimum absolute atomic E-state index is 0.279. The molecule has 1 aliphatic rings. The molecule has 0 saturated heterocycles. The van der Waals surface area contributed by atoms with Crippen LogP contribution >= 0.6 is 23.5 Å². The van der Waals surface area contributed by atoms with E-state index in [-0.39, 0.29) is 11.9 Å². The Morgan fingerprint density at radius 2 is 1.97 bits per heavy atom. The second kappa shape index (κ2) is 8.71. The zero-order valence-electron chi connectivity index (χ0n) is 15.5. The first kappa shape index (κ1) is 20.2. The summed E-state index contributed by atoms with van der Waals surface area (Å²) < 4.78 is 46.8. The van der Waals surface area contributed by atoms with Gasteiger partial charge in [0, 0.05) is 11.8 Å². The smallest absolute Gasteiger partial charge is 0.289 e. The van der Waals surface area contributed by atoms with Crippen LogP contribution in [0.15, 0.2) is 52.5 Å². The summed E-state index contributed by atoms with van der Waals surface area (Å²) in [7, 11) is 1.46. The monoisotopic (exact) mass is 437 g/mol. The molecule has 4 nitrogen and oxygen atoms in total. The van der Waals surface area contributed by atoms with Crippen LogP contribution in [0.4, 0.5) is 13.2 Å². The molecular formula is C20H18F3N3OS2. The SMILES string of the molecule is COc1cc(CSc2nnc(-c3ccccc3F)n2C2CC2)ccc1SC(F)F. The molecule has 0 atom stereocenters. The fourth-order valence-electron chi connectivity index (χ4n) is 3.01. The van der Waals surface area contributed by atoms with Crippen LogP contribution in [0.25, 0.3) is 11.4 Å². The molecule has 1 heterocycles. The summed E-state index contributed by atoms with van der Waals surface area (Å²) in [6, 6.07) is 12.0. The first-order chi connectivity index (χ1) is 14.1. The Bertz CT molecular complexity index is 1010. The lowest BCUT2D eigenvalue weighted by atomic mass is 10.2. The van der Waals surface area contributed by atoms with Crippen molar-refractivity contribution in [1.29, 1.82) is 0 Å². The molecule has 152 valence electrons. The minimum atomic E-state index is -2.50. The fourth-order valence-corrected chi connectivity index (χ4v) is 4.55. The van der Waals surface area contributed by atoms with E-state index in [0.717, 1.165) is 23.6 Å². The molecule has 1 fully saturated rings. The number of benzene rings is 2. The highest BCUT2D eigenvalue weighted by molar-refractivity contribution is 7.99. The van der Waals surface area contributed by atoms with Gasteiger partial charge >= 0.3 is 0 Å². The molecule has 9 heteroatoms. The van der Waals surface area contributed by atoms with Gasteiger partial charge in [-0.3, -0.25) is 4.57 Å². The number of rotatable bonds is 8. The predicted molar refractivity (Wildman–Crippen MR) is 108 cm³/mol. The number of halogens is 3. The number of alkyl halides is 2. The van der Waals surface area contributed by atoms with Crippen LogP contribution in [-0.4, -0.2) is 27.6 Å². The predicted octanol–water partition coefficient (Wildman–Crippen LogP) is 6.03. The van der Waals surface area contributed by atoms with E-state index in [0.29, 0.717) is 39.5 Å². The Labute approximate surface area is 174 Å². The Hall–Kier alpha value is -2.13. The molecule has 0 unspecified atom stereocenters. The molecule has 0 radical (unpaired) electrons. The van der Waals surface area contributed by atoms with Gasteiger partial charge in [-0.1, -0.05) is 41.7 Å². The van der Waals surface area contributed by atoms with E-state index in [2.05, 4.69) is 10.2 Å². The maximum atomic E-state index is 14.3. The van der Waals surface area contributed by atoms with Crippen molar-refractivity contribution in [1.82, 2.24) is 14.8 Å². The van der Waals surface area contributed by atoms with Crippen molar-refractivity contribution in [3.8, 4) is 17.1 Å². The first-order valence-corrected chi connectivity index (χ1v) is 10.9. The third-order valence-electron chi connectivity index (χ3n) is 4.50. The minimum Gasteiger partial charge on any atom is -0.496 e. The molecular weight excluding hydrogens is 419 g/mol. The highest BCUT2D eigenvalue weighted by Crippen LogP contribution is 2.42. The molecule has 3 aromatic rings. The molecule has 2 aromatic carbocycles. The fraction of sp³-hybridized carbons (Fsp3) is 0.300. The van der Waals surface area contributed by atoms with Gasteiger partial charge in [-0.2, -0.15) is 8.78 Å².